The van der Waals surface area contributed by atoms with Crippen LogP contribution in [-0.2, 0) is 0 Å². The predicted molar refractivity (Wildman–Crippen MR) is 125 cm³/mol. The number of hydrogen-bond acceptors (Lipinski definition) is 6. The molecule has 1 aliphatic heterocycles. The van der Waals surface area contributed by atoms with Crippen molar-refractivity contribution in [1.82, 2.24) is 20.5 Å². The Hall–Kier alpha value is -3.39. The Labute approximate surface area is 192 Å². The van der Waals surface area contributed by atoms with Crippen LogP contribution in [0, 0.1) is 6.92 Å². The number of nitrogens with zero attached hydrogens (tertiary/aromatic N) is 4. The highest BCUT2D eigenvalue weighted by Crippen LogP contribution is 2.31. The molecular formula is C23H25ClN6O2. The van der Waals surface area contributed by atoms with Crippen LogP contribution in [0.5, 0.6) is 5.75 Å². The largest absolute Gasteiger partial charge is 0.495 e. The molecule has 0 radical (unpaired) electrons. The Morgan fingerprint density at radius 3 is 2.59 bits per heavy atom. The van der Waals surface area contributed by atoms with Crippen molar-refractivity contribution in [3.8, 4) is 5.75 Å². The van der Waals surface area contributed by atoms with Gasteiger partial charge in [-0.25, -0.2) is 4.79 Å². The maximum absolute atomic E-state index is 12.7. The van der Waals surface area contributed by atoms with Crippen molar-refractivity contribution in [1.29, 1.82) is 0 Å². The van der Waals surface area contributed by atoms with Crippen molar-refractivity contribution < 1.29 is 9.53 Å². The van der Waals surface area contributed by atoms with Gasteiger partial charge in [-0.2, -0.15) is 10.2 Å². The number of halogens is 1. The van der Waals surface area contributed by atoms with E-state index in [0.717, 1.165) is 29.9 Å². The van der Waals surface area contributed by atoms with Crippen LogP contribution in [-0.4, -0.2) is 47.5 Å². The van der Waals surface area contributed by atoms with E-state index in [4.69, 9.17) is 16.3 Å². The van der Waals surface area contributed by atoms with Gasteiger partial charge in [0.1, 0.15) is 5.75 Å². The summed E-state index contributed by atoms with van der Waals surface area (Å²) < 4.78 is 5.25. The number of aromatic nitrogens is 3. The molecule has 4 rings (SSSR count). The molecule has 2 aromatic heterocycles. The first-order valence-corrected chi connectivity index (χ1v) is 10.8. The molecule has 1 aliphatic rings. The van der Waals surface area contributed by atoms with Gasteiger partial charge in [-0.3, -0.25) is 4.98 Å². The van der Waals surface area contributed by atoms with E-state index >= 15 is 0 Å². The van der Waals surface area contributed by atoms with Gasteiger partial charge in [0.2, 0.25) is 0 Å². The lowest BCUT2D eigenvalue weighted by molar-refractivity contribution is 0.243. The topological polar surface area (TPSA) is 92.3 Å². The van der Waals surface area contributed by atoms with Gasteiger partial charge in [0, 0.05) is 41.5 Å². The maximum atomic E-state index is 12.7. The first-order chi connectivity index (χ1) is 15.5. The molecular weight excluding hydrogens is 428 g/mol. The third-order valence-electron chi connectivity index (χ3n) is 5.65. The molecule has 3 heterocycles. The molecule has 9 heteroatoms. The molecule has 32 heavy (non-hydrogen) atoms. The van der Waals surface area contributed by atoms with Crippen molar-refractivity contribution in [3.05, 3.63) is 71.3 Å². The summed E-state index contributed by atoms with van der Waals surface area (Å²) >= 11 is 5.93. The quantitative estimate of drug-likeness (QED) is 0.607. The number of rotatable bonds is 5. The number of anilines is 2. The molecule has 166 valence electrons. The molecule has 0 aliphatic carbocycles. The van der Waals surface area contributed by atoms with Crippen LogP contribution >= 0.6 is 11.6 Å². The van der Waals surface area contributed by atoms with Crippen molar-refractivity contribution in [3.63, 3.8) is 0 Å². The number of pyridine rings is 1. The number of aryl methyl sites for hydroxylation is 1. The van der Waals surface area contributed by atoms with E-state index < -0.39 is 0 Å². The summed E-state index contributed by atoms with van der Waals surface area (Å²) in [7, 11) is 1.61. The fourth-order valence-corrected chi connectivity index (χ4v) is 4.08. The van der Waals surface area contributed by atoms with E-state index in [0.29, 0.717) is 23.0 Å². The monoisotopic (exact) mass is 452 g/mol. The molecule has 0 spiro atoms. The summed E-state index contributed by atoms with van der Waals surface area (Å²) in [6, 6.07) is 10.5. The molecule has 0 bridgehead atoms. The number of carbonyl (C=O) groups is 1. The number of nitrogens with one attached hydrogen (secondary N) is 2. The van der Waals surface area contributed by atoms with Gasteiger partial charge in [-0.15, -0.1) is 0 Å². The summed E-state index contributed by atoms with van der Waals surface area (Å²) in [4.78, 5) is 19.6. The highest BCUT2D eigenvalue weighted by Gasteiger charge is 2.33. The van der Waals surface area contributed by atoms with E-state index in [9.17, 15) is 4.79 Å². The summed E-state index contributed by atoms with van der Waals surface area (Å²) in [5.41, 5.74) is 3.69. The molecule has 2 unspecified atom stereocenters. The average molecular weight is 453 g/mol. The summed E-state index contributed by atoms with van der Waals surface area (Å²) in [6.45, 7) is 3.50. The minimum Gasteiger partial charge on any atom is -0.495 e. The fraction of sp³-hybridized carbons (Fsp3) is 0.304. The first-order valence-electron chi connectivity index (χ1n) is 10.4. The van der Waals surface area contributed by atoms with Gasteiger partial charge in [0.05, 0.1) is 31.4 Å². The van der Waals surface area contributed by atoms with Crippen LogP contribution in [0.4, 0.5) is 16.2 Å². The lowest BCUT2D eigenvalue weighted by Gasteiger charge is -2.40. The predicted octanol–water partition coefficient (Wildman–Crippen LogP) is 4.03. The number of benzene rings is 1. The molecule has 1 saturated heterocycles. The zero-order valence-corrected chi connectivity index (χ0v) is 18.7. The Morgan fingerprint density at radius 1 is 1.12 bits per heavy atom. The van der Waals surface area contributed by atoms with Gasteiger partial charge in [0.25, 0.3) is 0 Å². The Balaban J connectivity index is 1.53. The van der Waals surface area contributed by atoms with Crippen LogP contribution < -0.4 is 20.3 Å². The second-order valence-electron chi connectivity index (χ2n) is 7.73. The molecule has 2 amide bonds. The highest BCUT2D eigenvalue weighted by molar-refractivity contribution is 6.30. The van der Waals surface area contributed by atoms with E-state index in [1.54, 1.807) is 50.0 Å². The van der Waals surface area contributed by atoms with Crippen molar-refractivity contribution in [2.45, 2.75) is 25.3 Å². The van der Waals surface area contributed by atoms with Gasteiger partial charge in [0.15, 0.2) is 0 Å². The zero-order chi connectivity index (χ0) is 22.5. The Kier molecular flexibility index (Phi) is 6.70. The average Bonchev–Trinajstić information content (AvgIpc) is 2.81. The Morgan fingerprint density at radius 2 is 1.91 bits per heavy atom. The molecule has 3 aromatic rings. The molecule has 2 atom stereocenters. The molecule has 0 saturated carbocycles. The maximum Gasteiger partial charge on any atom is 0.319 e. The minimum absolute atomic E-state index is 0.0156. The first kappa shape index (κ1) is 21.8. The summed E-state index contributed by atoms with van der Waals surface area (Å²) in [5, 5.41) is 14.6. The van der Waals surface area contributed by atoms with E-state index in [2.05, 4.69) is 30.7 Å². The lowest BCUT2D eigenvalue weighted by Crippen LogP contribution is -2.51. The molecule has 2 N–H and O–H groups in total. The van der Waals surface area contributed by atoms with Crippen LogP contribution in [0.1, 0.15) is 23.6 Å². The fourth-order valence-electron chi connectivity index (χ4n) is 3.95. The van der Waals surface area contributed by atoms with Gasteiger partial charge in [-0.1, -0.05) is 11.6 Å². The number of ether oxygens (including phenoxy) is 1. The Bertz CT molecular complexity index is 1060. The zero-order valence-electron chi connectivity index (χ0n) is 18.0. The normalized spacial score (nSPS) is 18.2. The van der Waals surface area contributed by atoms with Gasteiger partial charge < -0.3 is 20.3 Å². The number of carbonyl (C=O) groups excluding carboxylic acids is 1. The SMILES string of the molecule is COc1ccc(C2CN(c3cnncc3C)CCC2NC(=O)Nc2ccc(Cl)cc2)nc1. The smallest absolute Gasteiger partial charge is 0.319 e. The van der Waals surface area contributed by atoms with E-state index in [1.165, 1.54) is 0 Å². The lowest BCUT2D eigenvalue weighted by atomic mass is 9.88. The molecule has 1 aromatic carbocycles. The van der Waals surface area contributed by atoms with Gasteiger partial charge in [-0.05, 0) is 55.3 Å². The third-order valence-corrected chi connectivity index (χ3v) is 5.90. The second-order valence-corrected chi connectivity index (χ2v) is 8.17. The minimum atomic E-state index is -0.258. The van der Waals surface area contributed by atoms with Crippen LogP contribution in [0.3, 0.4) is 0 Å². The van der Waals surface area contributed by atoms with Crippen molar-refractivity contribution >= 4 is 29.0 Å². The summed E-state index contributed by atoms with van der Waals surface area (Å²) in [6.07, 6.45) is 6.02. The molecule has 8 nitrogen and oxygen atoms in total. The number of methoxy groups -OCH3 is 1. The number of hydrogen-bond donors (Lipinski definition) is 2. The van der Waals surface area contributed by atoms with Crippen LogP contribution in [0.25, 0.3) is 0 Å². The van der Waals surface area contributed by atoms with Gasteiger partial charge >= 0.3 is 6.03 Å². The van der Waals surface area contributed by atoms with E-state index in [1.807, 2.05) is 19.1 Å². The number of amides is 2. The standard InChI is InChI=1S/C23H25ClN6O2/c1-15-11-26-27-13-22(15)30-10-9-21(19(14-30)20-8-7-18(32-2)12-25-20)29-23(31)28-17-5-3-16(24)4-6-17/h3-8,11-13,19,21H,9-10,14H2,1-2H3,(H2,28,29,31). The summed E-state index contributed by atoms with van der Waals surface area (Å²) in [5.74, 6) is 0.679. The number of urea groups is 1. The highest BCUT2D eigenvalue weighted by atomic mass is 35.5. The van der Waals surface area contributed by atoms with Crippen LogP contribution in [0.15, 0.2) is 55.0 Å². The van der Waals surface area contributed by atoms with Crippen molar-refractivity contribution in [2.24, 2.45) is 0 Å². The second kappa shape index (κ2) is 9.82. The van der Waals surface area contributed by atoms with Crippen molar-refractivity contribution in [2.75, 3.05) is 30.4 Å². The third kappa shape index (κ3) is 5.08. The molecule has 1 fully saturated rings. The van der Waals surface area contributed by atoms with E-state index in [-0.39, 0.29) is 18.0 Å². The number of piperidine rings is 1. The van der Waals surface area contributed by atoms with Crippen LogP contribution in [0.2, 0.25) is 5.02 Å².